The molecule has 210 valence electrons. The standard InChI is InChI=1S/C26H25FN3O6PS3/c1-30-10-8-23(9-11-30)38-13-3-2-12-35-21-6-4-19-14-26(39-25(19)16-21)40(33,34)29-18-37(31,32)36-22-7-5-20(17-28)24(27)15-22/h4-11,14-16,29H,2-3,12-13,18H2,1H3/p+1. The predicted molar refractivity (Wildman–Crippen MR) is 152 cm³/mol. The Morgan fingerprint density at radius 1 is 1.12 bits per heavy atom. The highest BCUT2D eigenvalue weighted by molar-refractivity contribution is 7.99. The summed E-state index contributed by atoms with van der Waals surface area (Å²) in [4.78, 5) is 11.3. The molecule has 0 saturated carbocycles. The fraction of sp³-hybridized carbons (Fsp3) is 0.231. The van der Waals surface area contributed by atoms with Crippen molar-refractivity contribution in [3.63, 3.8) is 0 Å². The van der Waals surface area contributed by atoms with Crippen molar-refractivity contribution < 1.29 is 36.1 Å². The number of pyridine rings is 1. The monoisotopic (exact) mass is 622 g/mol. The van der Waals surface area contributed by atoms with Crippen LogP contribution in [-0.4, -0.2) is 32.0 Å². The number of ether oxygens (including phenoxy) is 1. The van der Waals surface area contributed by atoms with Crippen LogP contribution < -0.4 is 18.5 Å². The van der Waals surface area contributed by atoms with E-state index in [-0.39, 0.29) is 15.5 Å². The molecule has 4 rings (SSSR count). The van der Waals surface area contributed by atoms with Crippen LogP contribution in [0.15, 0.2) is 76.1 Å². The molecule has 2 aromatic carbocycles. The van der Waals surface area contributed by atoms with Crippen molar-refractivity contribution in [3.05, 3.63) is 78.4 Å². The minimum atomic E-state index is -4.52. The van der Waals surface area contributed by atoms with Crippen molar-refractivity contribution in [3.8, 4) is 17.6 Å². The Morgan fingerprint density at radius 2 is 1.88 bits per heavy atom. The highest BCUT2D eigenvalue weighted by Gasteiger charge is 2.27. The second-order valence-electron chi connectivity index (χ2n) is 8.66. The summed E-state index contributed by atoms with van der Waals surface area (Å²) in [6.07, 6.45) is 4.96. The number of nitrogens with zero attached hydrogens (tertiary/aromatic N) is 2. The lowest BCUT2D eigenvalue weighted by molar-refractivity contribution is -0.671. The van der Waals surface area contributed by atoms with Gasteiger partial charge in [-0.1, -0.05) is 0 Å². The molecule has 0 saturated heterocycles. The number of sulfonamides is 1. The van der Waals surface area contributed by atoms with Crippen molar-refractivity contribution >= 4 is 50.8 Å². The Kier molecular flexibility index (Phi) is 9.84. The summed E-state index contributed by atoms with van der Waals surface area (Å²) in [5.41, 5.74) is -0.258. The summed E-state index contributed by atoms with van der Waals surface area (Å²) in [6.45, 7) is 0.531. The Balaban J connectivity index is 1.28. The van der Waals surface area contributed by atoms with Gasteiger partial charge in [-0.2, -0.15) is 9.98 Å². The first kappa shape index (κ1) is 30.0. The number of nitrogens with one attached hydrogen (secondary N) is 1. The number of rotatable bonds is 13. The van der Waals surface area contributed by atoms with Crippen molar-refractivity contribution in [2.24, 2.45) is 7.05 Å². The van der Waals surface area contributed by atoms with E-state index in [4.69, 9.17) is 14.5 Å². The zero-order valence-corrected chi connectivity index (χ0v) is 24.7. The molecule has 0 bridgehead atoms. The van der Waals surface area contributed by atoms with Crippen LogP contribution >= 0.6 is 30.7 Å². The van der Waals surface area contributed by atoms with Gasteiger partial charge in [0.1, 0.15) is 40.9 Å². The lowest BCUT2D eigenvalue weighted by Gasteiger charge is -2.14. The Labute approximate surface area is 239 Å². The van der Waals surface area contributed by atoms with Crippen LogP contribution in [0.5, 0.6) is 11.5 Å². The summed E-state index contributed by atoms with van der Waals surface area (Å²) in [6, 6.07) is 15.6. The van der Waals surface area contributed by atoms with Gasteiger partial charge in [-0.25, -0.2) is 21.9 Å². The van der Waals surface area contributed by atoms with E-state index in [0.29, 0.717) is 22.4 Å². The number of aromatic nitrogens is 1. The number of fused-ring (bicyclic) bond motifs is 1. The van der Waals surface area contributed by atoms with Crippen LogP contribution in [0.25, 0.3) is 10.1 Å². The minimum Gasteiger partial charge on any atom is -0.494 e. The lowest BCUT2D eigenvalue weighted by atomic mass is 10.2. The molecule has 0 radical (unpaired) electrons. The Morgan fingerprint density at radius 3 is 2.60 bits per heavy atom. The molecule has 1 atom stereocenters. The predicted octanol–water partition coefficient (Wildman–Crippen LogP) is 5.19. The van der Waals surface area contributed by atoms with Gasteiger partial charge in [0.05, 0.1) is 12.2 Å². The number of hydrogen-bond acceptors (Lipinski definition) is 8. The first-order chi connectivity index (χ1) is 19.0. The number of thioether (sulfide) groups is 1. The highest BCUT2D eigenvalue weighted by atomic mass is 32.2. The molecule has 0 aliphatic carbocycles. The van der Waals surface area contributed by atoms with E-state index in [9.17, 15) is 22.3 Å². The maximum Gasteiger partial charge on any atom is 0.391 e. The SMILES string of the molecule is C[n+]1ccc(SCCCCOc2ccc3cc(S(=O)(=O)NCP(=O)(O)Oc4ccc(C#N)c(F)c4)sc3c2)cc1. The third kappa shape index (κ3) is 8.27. The van der Waals surface area contributed by atoms with E-state index < -0.39 is 29.7 Å². The maximum atomic E-state index is 13.7. The molecular weight excluding hydrogens is 596 g/mol. The number of halogens is 1. The van der Waals surface area contributed by atoms with E-state index >= 15 is 0 Å². The lowest BCUT2D eigenvalue weighted by Crippen LogP contribution is -2.25. The molecule has 2 heterocycles. The average molecular weight is 623 g/mol. The molecule has 0 aliphatic heterocycles. The molecule has 0 aliphatic rings. The number of unbranched alkanes of at least 4 members (excludes halogenated alkanes) is 1. The first-order valence-electron chi connectivity index (χ1n) is 12.0. The zero-order chi connectivity index (χ0) is 28.8. The van der Waals surface area contributed by atoms with Crippen molar-refractivity contribution in [1.29, 1.82) is 5.26 Å². The third-order valence-corrected chi connectivity index (χ3v) is 10.9. The van der Waals surface area contributed by atoms with E-state index in [1.54, 1.807) is 36.0 Å². The van der Waals surface area contributed by atoms with Gasteiger partial charge in [0.2, 0.25) is 0 Å². The van der Waals surface area contributed by atoms with E-state index in [2.05, 4.69) is 16.9 Å². The number of benzene rings is 2. The molecule has 2 N–H and O–H groups in total. The van der Waals surface area contributed by atoms with Crippen LogP contribution in [0.4, 0.5) is 4.39 Å². The molecule has 14 heteroatoms. The van der Waals surface area contributed by atoms with Crippen LogP contribution in [0.1, 0.15) is 18.4 Å². The van der Waals surface area contributed by atoms with Crippen molar-refractivity contribution in [2.45, 2.75) is 21.9 Å². The van der Waals surface area contributed by atoms with Gasteiger partial charge < -0.3 is 14.2 Å². The average Bonchev–Trinajstić information content (AvgIpc) is 3.35. The summed E-state index contributed by atoms with van der Waals surface area (Å²) in [5, 5.41) is 9.46. The fourth-order valence-corrected chi connectivity index (χ4v) is 8.33. The van der Waals surface area contributed by atoms with Crippen molar-refractivity contribution in [2.75, 3.05) is 18.6 Å². The van der Waals surface area contributed by atoms with Gasteiger partial charge >= 0.3 is 7.60 Å². The zero-order valence-electron chi connectivity index (χ0n) is 21.3. The Hall–Kier alpha value is -2.98. The van der Waals surface area contributed by atoms with Gasteiger partial charge in [0.25, 0.3) is 10.0 Å². The second-order valence-corrected chi connectivity index (χ2v) is 14.7. The van der Waals surface area contributed by atoms with Crippen LogP contribution in [0.3, 0.4) is 0 Å². The Bertz CT molecular complexity index is 1690. The summed E-state index contributed by atoms with van der Waals surface area (Å²) in [5.74, 6) is 0.369. The molecule has 1 unspecified atom stereocenters. The topological polar surface area (TPSA) is 130 Å². The molecule has 0 spiro atoms. The quantitative estimate of drug-likeness (QED) is 0.0903. The molecule has 40 heavy (non-hydrogen) atoms. The highest BCUT2D eigenvalue weighted by Crippen LogP contribution is 2.42. The fourth-order valence-electron chi connectivity index (χ4n) is 3.45. The van der Waals surface area contributed by atoms with Crippen LogP contribution in [-0.2, 0) is 21.6 Å². The summed E-state index contributed by atoms with van der Waals surface area (Å²) >= 11 is 2.79. The number of nitriles is 1. The smallest absolute Gasteiger partial charge is 0.391 e. The molecule has 9 nitrogen and oxygen atoms in total. The van der Waals surface area contributed by atoms with E-state index in [1.165, 1.54) is 11.0 Å². The normalized spacial score (nSPS) is 13.1. The van der Waals surface area contributed by atoms with Gasteiger partial charge in [0.15, 0.2) is 12.4 Å². The van der Waals surface area contributed by atoms with Gasteiger partial charge in [-0.05, 0) is 60.4 Å². The van der Waals surface area contributed by atoms with Gasteiger partial charge in [-0.15, -0.1) is 23.1 Å². The summed E-state index contributed by atoms with van der Waals surface area (Å²) < 4.78 is 67.2. The second kappa shape index (κ2) is 13.1. The first-order valence-corrected chi connectivity index (χ1v) is 17.0. The van der Waals surface area contributed by atoms with E-state index in [1.807, 2.05) is 24.0 Å². The van der Waals surface area contributed by atoms with Crippen LogP contribution in [0.2, 0.25) is 0 Å². The van der Waals surface area contributed by atoms with E-state index in [0.717, 1.165) is 48.1 Å². The minimum absolute atomic E-state index is 0.0457. The number of aryl methyl sites for hydroxylation is 1. The molecule has 0 amide bonds. The molecule has 2 aromatic heterocycles. The molecule has 0 fully saturated rings. The largest absolute Gasteiger partial charge is 0.494 e. The van der Waals surface area contributed by atoms with Crippen molar-refractivity contribution in [1.82, 2.24) is 4.72 Å². The van der Waals surface area contributed by atoms with Gasteiger partial charge in [-0.3, -0.25) is 0 Å². The molecular formula is C26H26FN3O6PS3+. The maximum absolute atomic E-state index is 13.7. The third-order valence-electron chi connectivity index (χ3n) is 5.52. The molecule has 4 aromatic rings. The number of thiophene rings is 1. The number of hydrogen-bond donors (Lipinski definition) is 2. The summed E-state index contributed by atoms with van der Waals surface area (Å²) in [7, 11) is -6.67. The van der Waals surface area contributed by atoms with Crippen LogP contribution in [0, 0.1) is 17.1 Å². The van der Waals surface area contributed by atoms with Gasteiger partial charge in [0, 0.05) is 27.8 Å².